The monoisotopic (exact) mass is 277 g/mol. The van der Waals surface area contributed by atoms with Crippen LogP contribution in [-0.4, -0.2) is 55.4 Å². The lowest BCUT2D eigenvalue weighted by Gasteiger charge is -2.18. The minimum absolute atomic E-state index is 0.0218. The first-order valence-corrected chi connectivity index (χ1v) is 7.83. The molecule has 7 heteroatoms. The van der Waals surface area contributed by atoms with E-state index in [0.717, 1.165) is 12.8 Å². The zero-order valence-electron chi connectivity index (χ0n) is 10.4. The van der Waals surface area contributed by atoms with Crippen LogP contribution in [-0.2, 0) is 19.6 Å². The molecule has 0 aromatic carbocycles. The fraction of sp³-hybridized carbons (Fsp3) is 0.909. The Morgan fingerprint density at radius 1 is 1.44 bits per heavy atom. The van der Waals surface area contributed by atoms with E-state index in [1.807, 2.05) is 0 Å². The highest BCUT2D eigenvalue weighted by Gasteiger charge is 2.41. The Morgan fingerprint density at radius 2 is 2.17 bits per heavy atom. The summed E-state index contributed by atoms with van der Waals surface area (Å²) < 4.78 is 30.9. The largest absolute Gasteiger partial charge is 0.481 e. The van der Waals surface area contributed by atoms with Crippen LogP contribution in [0.4, 0.5) is 0 Å². The number of hydrogen-bond donors (Lipinski definition) is 1. The molecule has 0 amide bonds. The summed E-state index contributed by atoms with van der Waals surface area (Å²) in [5.41, 5.74) is 0. The number of ether oxygens (including phenoxy) is 1. The van der Waals surface area contributed by atoms with E-state index in [4.69, 9.17) is 9.84 Å². The number of nitrogens with zero attached hydrogens (tertiary/aromatic N) is 1. The molecule has 1 N–H and O–H groups in total. The summed E-state index contributed by atoms with van der Waals surface area (Å²) in [5.74, 6) is -1.67. The van der Waals surface area contributed by atoms with Gasteiger partial charge < -0.3 is 9.84 Å². The first-order valence-electron chi connectivity index (χ1n) is 6.22. The molecule has 0 radical (unpaired) electrons. The number of carboxylic acids is 1. The van der Waals surface area contributed by atoms with E-state index in [1.165, 1.54) is 4.31 Å². The van der Waals surface area contributed by atoms with Gasteiger partial charge in [0.2, 0.25) is 10.0 Å². The summed E-state index contributed by atoms with van der Waals surface area (Å²) in [6, 6.07) is 0. The number of hydrogen-bond acceptors (Lipinski definition) is 4. The fourth-order valence-corrected chi connectivity index (χ4v) is 4.38. The number of rotatable bonds is 4. The fourth-order valence-electron chi connectivity index (χ4n) is 2.59. The van der Waals surface area contributed by atoms with Gasteiger partial charge in [0, 0.05) is 19.7 Å². The smallest absolute Gasteiger partial charge is 0.308 e. The molecule has 0 saturated carbocycles. The predicted molar refractivity (Wildman–Crippen MR) is 64.6 cm³/mol. The lowest BCUT2D eigenvalue weighted by molar-refractivity contribution is -0.142. The molecular formula is C11H19NO5S. The second-order valence-electron chi connectivity index (χ2n) is 5.15. The van der Waals surface area contributed by atoms with Crippen LogP contribution in [0.5, 0.6) is 0 Å². The lowest BCUT2D eigenvalue weighted by atomic mass is 9.99. The molecule has 104 valence electrons. The van der Waals surface area contributed by atoms with Crippen molar-refractivity contribution < 1.29 is 23.1 Å². The lowest BCUT2D eigenvalue weighted by Crippen LogP contribution is -2.35. The Hall–Kier alpha value is -0.660. The third-order valence-electron chi connectivity index (χ3n) is 3.71. The summed E-state index contributed by atoms with van der Waals surface area (Å²) in [4.78, 5) is 11.0. The summed E-state index contributed by atoms with van der Waals surface area (Å²) in [6.45, 7) is 2.78. The van der Waals surface area contributed by atoms with Gasteiger partial charge in [0.05, 0.1) is 17.8 Å². The minimum atomic E-state index is -3.40. The van der Waals surface area contributed by atoms with Crippen LogP contribution < -0.4 is 0 Å². The Morgan fingerprint density at radius 3 is 2.67 bits per heavy atom. The first kappa shape index (κ1) is 13.8. The van der Waals surface area contributed by atoms with Crippen LogP contribution in [0.25, 0.3) is 0 Å². The quantitative estimate of drug-likeness (QED) is 0.790. The van der Waals surface area contributed by atoms with E-state index in [-0.39, 0.29) is 24.3 Å². The molecule has 1 unspecified atom stereocenters. The van der Waals surface area contributed by atoms with Gasteiger partial charge in [-0.15, -0.1) is 0 Å². The summed E-state index contributed by atoms with van der Waals surface area (Å²) in [7, 11) is -3.40. The van der Waals surface area contributed by atoms with E-state index in [0.29, 0.717) is 13.2 Å². The standard InChI is InChI=1S/C11H19NO5S/c1-8-5-12(6-10(8)11(13)14)18(15,16)7-9-3-2-4-17-9/h8-10H,2-7H2,1H3,(H,13,14)/t8-,9?,10-/m1/s1. The van der Waals surface area contributed by atoms with E-state index in [1.54, 1.807) is 6.92 Å². The molecule has 0 aromatic rings. The van der Waals surface area contributed by atoms with Crippen molar-refractivity contribution in [2.45, 2.75) is 25.9 Å². The maximum absolute atomic E-state index is 12.2. The molecule has 0 spiro atoms. The van der Waals surface area contributed by atoms with Crippen molar-refractivity contribution in [3.05, 3.63) is 0 Å². The number of sulfonamides is 1. The molecule has 3 atom stereocenters. The molecule has 0 aromatic heterocycles. The SMILES string of the molecule is C[C@@H]1CN(S(=O)(=O)CC2CCCO2)C[C@H]1C(=O)O. The second-order valence-corrected chi connectivity index (χ2v) is 7.17. The number of aliphatic carboxylic acids is 1. The van der Waals surface area contributed by atoms with Crippen LogP contribution in [0.2, 0.25) is 0 Å². The predicted octanol–water partition coefficient (Wildman–Crippen LogP) is 0.148. The van der Waals surface area contributed by atoms with Crippen molar-refractivity contribution in [3.63, 3.8) is 0 Å². The molecule has 2 aliphatic rings. The topological polar surface area (TPSA) is 83.9 Å². The van der Waals surface area contributed by atoms with Crippen LogP contribution in [0.15, 0.2) is 0 Å². The van der Waals surface area contributed by atoms with Gasteiger partial charge >= 0.3 is 5.97 Å². The molecule has 2 saturated heterocycles. The molecule has 0 bridgehead atoms. The zero-order chi connectivity index (χ0) is 13.3. The van der Waals surface area contributed by atoms with Crippen molar-refractivity contribution in [3.8, 4) is 0 Å². The van der Waals surface area contributed by atoms with Gasteiger partial charge in [0.25, 0.3) is 0 Å². The third-order valence-corrected chi connectivity index (χ3v) is 5.59. The average molecular weight is 277 g/mol. The third kappa shape index (κ3) is 2.84. The summed E-state index contributed by atoms with van der Waals surface area (Å²) >= 11 is 0. The minimum Gasteiger partial charge on any atom is -0.481 e. The highest BCUT2D eigenvalue weighted by molar-refractivity contribution is 7.89. The van der Waals surface area contributed by atoms with Crippen LogP contribution in [0, 0.1) is 11.8 Å². The van der Waals surface area contributed by atoms with E-state index < -0.39 is 21.9 Å². The highest BCUT2D eigenvalue weighted by Crippen LogP contribution is 2.27. The average Bonchev–Trinajstić information content (AvgIpc) is 2.86. The Balaban J connectivity index is 2.00. The van der Waals surface area contributed by atoms with Gasteiger partial charge in [-0.1, -0.05) is 6.92 Å². The van der Waals surface area contributed by atoms with Crippen molar-refractivity contribution in [2.24, 2.45) is 11.8 Å². The van der Waals surface area contributed by atoms with E-state index in [2.05, 4.69) is 0 Å². The second kappa shape index (κ2) is 5.14. The van der Waals surface area contributed by atoms with Gasteiger partial charge in [-0.25, -0.2) is 12.7 Å². The van der Waals surface area contributed by atoms with Crippen LogP contribution in [0.1, 0.15) is 19.8 Å². The Kier molecular flexibility index (Phi) is 3.93. The maximum Gasteiger partial charge on any atom is 0.308 e. The number of carboxylic acid groups (broad SMARTS) is 1. The van der Waals surface area contributed by atoms with Gasteiger partial charge in [-0.2, -0.15) is 0 Å². The Labute approximate surface area is 107 Å². The maximum atomic E-state index is 12.2. The van der Waals surface area contributed by atoms with Crippen molar-refractivity contribution >= 4 is 16.0 Å². The first-order chi connectivity index (χ1) is 8.40. The molecular weight excluding hydrogens is 258 g/mol. The molecule has 2 heterocycles. The zero-order valence-corrected chi connectivity index (χ0v) is 11.2. The van der Waals surface area contributed by atoms with Gasteiger partial charge in [0.1, 0.15) is 0 Å². The van der Waals surface area contributed by atoms with Gasteiger partial charge in [-0.05, 0) is 18.8 Å². The Bertz CT molecular complexity index is 415. The molecule has 0 aliphatic carbocycles. The highest BCUT2D eigenvalue weighted by atomic mass is 32.2. The number of carbonyl (C=O) groups is 1. The summed E-state index contributed by atoms with van der Waals surface area (Å²) in [5, 5.41) is 9.01. The van der Waals surface area contributed by atoms with E-state index >= 15 is 0 Å². The molecule has 18 heavy (non-hydrogen) atoms. The van der Waals surface area contributed by atoms with Gasteiger partial charge in [-0.3, -0.25) is 4.79 Å². The van der Waals surface area contributed by atoms with Crippen molar-refractivity contribution in [1.29, 1.82) is 0 Å². The van der Waals surface area contributed by atoms with Gasteiger partial charge in [0.15, 0.2) is 0 Å². The summed E-state index contributed by atoms with van der Waals surface area (Å²) in [6.07, 6.45) is 1.44. The van der Waals surface area contributed by atoms with Crippen molar-refractivity contribution in [1.82, 2.24) is 4.31 Å². The molecule has 2 aliphatic heterocycles. The molecule has 6 nitrogen and oxygen atoms in total. The normalized spacial score (nSPS) is 33.9. The van der Waals surface area contributed by atoms with E-state index in [9.17, 15) is 13.2 Å². The van der Waals surface area contributed by atoms with Crippen LogP contribution >= 0.6 is 0 Å². The van der Waals surface area contributed by atoms with Crippen LogP contribution in [0.3, 0.4) is 0 Å². The molecule has 2 rings (SSSR count). The molecule has 2 fully saturated rings. The van der Waals surface area contributed by atoms with Crippen molar-refractivity contribution in [2.75, 3.05) is 25.4 Å².